The molecule has 0 spiro atoms. The molecule has 12 rings (SSSR count). The van der Waals surface area contributed by atoms with E-state index >= 15 is 0 Å². The second kappa shape index (κ2) is 17.8. The molecule has 0 radical (unpaired) electrons. The smallest absolute Gasteiger partial charge is 0.0546 e. The largest absolute Gasteiger partial charge is 0.309 e. The van der Waals surface area contributed by atoms with Crippen LogP contribution in [0, 0.1) is 0 Å². The van der Waals surface area contributed by atoms with Gasteiger partial charge in [0.15, 0.2) is 0 Å². The summed E-state index contributed by atoms with van der Waals surface area (Å²) >= 11 is 0. The summed E-state index contributed by atoms with van der Waals surface area (Å²) in [6.45, 7) is 0. The van der Waals surface area contributed by atoms with Crippen molar-refractivity contribution in [3.63, 3.8) is 0 Å². The topological polar surface area (TPSA) is 6.48 Å². The Morgan fingerprint density at radius 1 is 0.176 bits per heavy atom. The van der Waals surface area contributed by atoms with E-state index < -0.39 is 0 Å². The zero-order valence-electron chi connectivity index (χ0n) is 37.5. The molecule has 2 heteroatoms. The van der Waals surface area contributed by atoms with Crippen LogP contribution in [0.5, 0.6) is 0 Å². The molecule has 0 aliphatic rings. The van der Waals surface area contributed by atoms with Crippen LogP contribution in [0.25, 0.3) is 76.8 Å². The number of benzene rings is 12. The maximum atomic E-state index is 2.50. The van der Waals surface area contributed by atoms with Crippen molar-refractivity contribution >= 4 is 66.4 Å². The van der Waals surface area contributed by atoms with Crippen molar-refractivity contribution in [2.75, 3.05) is 9.80 Å². The molecule has 0 amide bonds. The first kappa shape index (κ1) is 40.5. The van der Waals surface area contributed by atoms with Crippen LogP contribution in [0.2, 0.25) is 0 Å². The first-order valence-electron chi connectivity index (χ1n) is 23.3. The van der Waals surface area contributed by atoms with Crippen molar-refractivity contribution in [1.29, 1.82) is 0 Å². The minimum absolute atomic E-state index is 1.09. The van der Waals surface area contributed by atoms with Crippen molar-refractivity contribution in [2.24, 2.45) is 0 Å². The highest BCUT2D eigenvalue weighted by molar-refractivity contribution is 6.10. The van der Waals surface area contributed by atoms with Gasteiger partial charge in [-0.1, -0.05) is 231 Å². The van der Waals surface area contributed by atoms with Gasteiger partial charge in [-0.25, -0.2) is 0 Å². The molecule has 0 saturated heterocycles. The van der Waals surface area contributed by atoms with Crippen molar-refractivity contribution in [1.82, 2.24) is 0 Å². The first-order valence-corrected chi connectivity index (χ1v) is 23.3. The SMILES string of the molecule is c1ccc(-c2ccccc2N(c2cc3cc(-c4ccccc4)c(N(c4ccccc4-c4ccccc4)c4cccc5ccccc45)cc3cc2-c2ccccc2)c2cccc3ccccc23)cc1. The number of para-hydroxylation sites is 2. The maximum Gasteiger partial charge on any atom is 0.0546 e. The van der Waals surface area contributed by atoms with E-state index in [1.165, 1.54) is 21.5 Å². The molecular weight excluding hydrogens is 821 g/mol. The maximum absolute atomic E-state index is 2.50. The number of rotatable bonds is 10. The predicted octanol–water partition coefficient (Wildman–Crippen LogP) is 18.8. The quantitative estimate of drug-likeness (QED) is 0.135. The van der Waals surface area contributed by atoms with Gasteiger partial charge < -0.3 is 9.80 Å². The average Bonchev–Trinajstić information content (AvgIpc) is 3.42. The van der Waals surface area contributed by atoms with Crippen LogP contribution in [0.4, 0.5) is 34.1 Å². The van der Waals surface area contributed by atoms with Gasteiger partial charge in [0, 0.05) is 33.0 Å². The van der Waals surface area contributed by atoms with Crippen LogP contribution in [0.3, 0.4) is 0 Å². The Bertz CT molecular complexity index is 3470. The second-order valence-corrected chi connectivity index (χ2v) is 17.3. The number of anilines is 6. The molecule has 12 aromatic carbocycles. The highest BCUT2D eigenvalue weighted by Crippen LogP contribution is 2.51. The van der Waals surface area contributed by atoms with Gasteiger partial charge >= 0.3 is 0 Å². The molecule has 320 valence electrons. The Balaban J connectivity index is 1.19. The highest BCUT2D eigenvalue weighted by atomic mass is 15.2. The normalized spacial score (nSPS) is 11.2. The van der Waals surface area contributed by atoms with Gasteiger partial charge in [-0.3, -0.25) is 0 Å². The number of hydrogen-bond donors (Lipinski definition) is 0. The molecule has 0 aliphatic carbocycles. The van der Waals surface area contributed by atoms with Crippen LogP contribution in [0.15, 0.2) is 279 Å². The lowest BCUT2D eigenvalue weighted by Gasteiger charge is -2.33. The summed E-state index contributed by atoms with van der Waals surface area (Å²) in [7, 11) is 0. The van der Waals surface area contributed by atoms with E-state index in [2.05, 4.69) is 289 Å². The van der Waals surface area contributed by atoms with Gasteiger partial charge in [0.2, 0.25) is 0 Å². The van der Waals surface area contributed by atoms with Gasteiger partial charge in [0.1, 0.15) is 0 Å². The van der Waals surface area contributed by atoms with Crippen LogP contribution in [-0.4, -0.2) is 0 Å². The molecule has 0 heterocycles. The summed E-state index contributed by atoms with van der Waals surface area (Å²) in [6, 6.07) is 102. The molecule has 0 N–H and O–H groups in total. The highest BCUT2D eigenvalue weighted by Gasteiger charge is 2.26. The van der Waals surface area contributed by atoms with Crippen molar-refractivity contribution in [2.45, 2.75) is 0 Å². The Hall–Kier alpha value is -8.98. The standard InChI is InChI=1S/C66H46N2/c1-5-23-47(24-6-1)55-37-17-19-39-61(55)67(63-41-21-33-49-31-13-15-35-57(49)63)65-45-53-44-60(52-29-11-4-12-30-52)66(46-54(53)43-59(65)51-27-9-3-10-28-51)68(64-42-22-34-50-32-14-16-36-58(50)64)62-40-20-18-38-56(62)48-25-7-2-8-26-48/h1-46H. The Morgan fingerprint density at radius 3 is 0.868 bits per heavy atom. The fourth-order valence-electron chi connectivity index (χ4n) is 10.0. The van der Waals surface area contributed by atoms with Crippen molar-refractivity contribution in [3.05, 3.63) is 279 Å². The Labute approximate surface area is 397 Å². The minimum atomic E-state index is 1.09. The van der Waals surface area contributed by atoms with E-state index in [9.17, 15) is 0 Å². The summed E-state index contributed by atoms with van der Waals surface area (Å²) in [4.78, 5) is 5.00. The second-order valence-electron chi connectivity index (χ2n) is 17.3. The van der Waals surface area contributed by atoms with E-state index in [0.29, 0.717) is 0 Å². The summed E-state index contributed by atoms with van der Waals surface area (Å²) in [6.07, 6.45) is 0. The van der Waals surface area contributed by atoms with Gasteiger partial charge in [0.25, 0.3) is 0 Å². The van der Waals surface area contributed by atoms with E-state index in [-0.39, 0.29) is 0 Å². The molecule has 0 fully saturated rings. The summed E-state index contributed by atoms with van der Waals surface area (Å²) in [5.74, 6) is 0. The first-order chi connectivity index (χ1) is 33.8. The number of fused-ring (bicyclic) bond motifs is 3. The molecular formula is C66H46N2. The molecule has 0 atom stereocenters. The van der Waals surface area contributed by atoms with E-state index in [4.69, 9.17) is 0 Å². The number of nitrogens with zero attached hydrogens (tertiary/aromatic N) is 2. The molecule has 2 nitrogen and oxygen atoms in total. The molecule has 0 saturated carbocycles. The molecule has 0 aromatic heterocycles. The van der Waals surface area contributed by atoms with E-state index in [1.54, 1.807) is 0 Å². The summed E-state index contributed by atoms with van der Waals surface area (Å²) < 4.78 is 0. The molecule has 0 aliphatic heterocycles. The minimum Gasteiger partial charge on any atom is -0.309 e. The van der Waals surface area contributed by atoms with Gasteiger partial charge in [-0.2, -0.15) is 0 Å². The third-order valence-corrected chi connectivity index (χ3v) is 13.2. The van der Waals surface area contributed by atoms with Crippen LogP contribution in [0.1, 0.15) is 0 Å². The Morgan fingerprint density at radius 2 is 0.471 bits per heavy atom. The lowest BCUT2D eigenvalue weighted by atomic mass is 9.92. The zero-order chi connectivity index (χ0) is 45.2. The van der Waals surface area contributed by atoms with Crippen LogP contribution < -0.4 is 9.80 Å². The monoisotopic (exact) mass is 866 g/mol. The summed E-state index contributed by atoms with van der Waals surface area (Å²) in [5.41, 5.74) is 15.8. The molecule has 0 unspecified atom stereocenters. The predicted molar refractivity (Wildman–Crippen MR) is 290 cm³/mol. The van der Waals surface area contributed by atoms with Crippen LogP contribution >= 0.6 is 0 Å². The fraction of sp³-hybridized carbons (Fsp3) is 0. The number of hydrogen-bond acceptors (Lipinski definition) is 2. The fourth-order valence-corrected chi connectivity index (χ4v) is 10.0. The molecule has 0 bridgehead atoms. The van der Waals surface area contributed by atoms with Crippen molar-refractivity contribution in [3.8, 4) is 44.5 Å². The molecule has 68 heavy (non-hydrogen) atoms. The lowest BCUT2D eigenvalue weighted by Crippen LogP contribution is -2.14. The third-order valence-electron chi connectivity index (χ3n) is 13.2. The molecule has 12 aromatic rings. The summed E-state index contributed by atoms with van der Waals surface area (Å²) in [5, 5.41) is 7.02. The lowest BCUT2D eigenvalue weighted by molar-refractivity contribution is 1.29. The van der Waals surface area contributed by atoms with Gasteiger partial charge in [-0.05, 0) is 92.3 Å². The third kappa shape index (κ3) is 7.45. The average molecular weight is 867 g/mol. The van der Waals surface area contributed by atoms with Gasteiger partial charge in [-0.15, -0.1) is 0 Å². The van der Waals surface area contributed by atoms with E-state index in [1.807, 2.05) is 0 Å². The van der Waals surface area contributed by atoms with Crippen LogP contribution in [-0.2, 0) is 0 Å². The van der Waals surface area contributed by atoms with Crippen molar-refractivity contribution < 1.29 is 0 Å². The Kier molecular flexibility index (Phi) is 10.6. The van der Waals surface area contributed by atoms with E-state index in [0.717, 1.165) is 89.4 Å². The zero-order valence-corrected chi connectivity index (χ0v) is 37.5. The van der Waals surface area contributed by atoms with Gasteiger partial charge in [0.05, 0.1) is 34.1 Å².